The highest BCUT2D eigenvalue weighted by molar-refractivity contribution is 7.10. The van der Waals surface area contributed by atoms with Crippen molar-refractivity contribution in [3.63, 3.8) is 0 Å². The molecule has 0 atom stereocenters. The molecular weight excluding hydrogens is 258 g/mol. The summed E-state index contributed by atoms with van der Waals surface area (Å²) in [5, 5.41) is 5.34. The van der Waals surface area contributed by atoms with Crippen LogP contribution in [0.1, 0.15) is 30.0 Å². The van der Waals surface area contributed by atoms with Crippen molar-refractivity contribution in [1.82, 2.24) is 9.97 Å². The fourth-order valence-electron chi connectivity index (χ4n) is 1.67. The van der Waals surface area contributed by atoms with E-state index in [1.165, 1.54) is 10.4 Å². The smallest absolute Gasteiger partial charge is 0.226 e. The Balaban J connectivity index is 2.07. The first-order valence-electron chi connectivity index (χ1n) is 6.34. The number of aryl methyl sites for hydroxylation is 2. The highest BCUT2D eigenvalue weighted by Gasteiger charge is 2.06. The standard InChI is InChI=1S/C14H19N3OS/c1-9(2)18-13-7-11(4)16-14(17-13)15-8-12-10(3)5-6-19-12/h5-7,9H,8H2,1-4H3,(H,15,16,17). The molecular formula is C14H19N3OS. The molecule has 19 heavy (non-hydrogen) atoms. The zero-order chi connectivity index (χ0) is 13.8. The Morgan fingerprint density at radius 2 is 2.11 bits per heavy atom. The van der Waals surface area contributed by atoms with Crippen LogP contribution in [0.15, 0.2) is 17.5 Å². The van der Waals surface area contributed by atoms with E-state index in [2.05, 4.69) is 33.7 Å². The predicted molar refractivity (Wildman–Crippen MR) is 78.9 cm³/mol. The summed E-state index contributed by atoms with van der Waals surface area (Å²) in [4.78, 5) is 10.0. The third kappa shape index (κ3) is 3.92. The molecule has 2 aromatic heterocycles. The summed E-state index contributed by atoms with van der Waals surface area (Å²) in [5.41, 5.74) is 2.19. The minimum absolute atomic E-state index is 0.113. The number of nitrogens with one attached hydrogen (secondary N) is 1. The third-order valence-corrected chi connectivity index (χ3v) is 3.59. The fraction of sp³-hybridized carbons (Fsp3) is 0.429. The van der Waals surface area contributed by atoms with Gasteiger partial charge in [0.15, 0.2) is 0 Å². The first kappa shape index (κ1) is 13.8. The van der Waals surface area contributed by atoms with Gasteiger partial charge in [0.1, 0.15) is 0 Å². The normalized spacial score (nSPS) is 10.8. The number of anilines is 1. The van der Waals surface area contributed by atoms with Crippen LogP contribution in [0.5, 0.6) is 5.88 Å². The molecule has 0 saturated heterocycles. The summed E-state index contributed by atoms with van der Waals surface area (Å²) < 4.78 is 5.61. The van der Waals surface area contributed by atoms with Gasteiger partial charge < -0.3 is 10.1 Å². The van der Waals surface area contributed by atoms with Crippen LogP contribution in [-0.4, -0.2) is 16.1 Å². The molecule has 5 heteroatoms. The lowest BCUT2D eigenvalue weighted by Gasteiger charge is -2.11. The third-order valence-electron chi connectivity index (χ3n) is 2.56. The van der Waals surface area contributed by atoms with E-state index >= 15 is 0 Å². The lowest BCUT2D eigenvalue weighted by atomic mass is 10.3. The van der Waals surface area contributed by atoms with Crippen LogP contribution in [0.3, 0.4) is 0 Å². The predicted octanol–water partition coefficient (Wildman–Crippen LogP) is 3.55. The SMILES string of the molecule is Cc1cc(OC(C)C)nc(NCc2sccc2C)n1. The average Bonchev–Trinajstić information content (AvgIpc) is 2.70. The van der Waals surface area contributed by atoms with Crippen molar-refractivity contribution < 1.29 is 4.74 Å². The molecule has 0 aliphatic rings. The number of thiophene rings is 1. The van der Waals surface area contributed by atoms with E-state index in [-0.39, 0.29) is 6.10 Å². The molecule has 0 bridgehead atoms. The van der Waals surface area contributed by atoms with E-state index in [1.54, 1.807) is 11.3 Å². The molecule has 0 aliphatic heterocycles. The Bertz CT molecular complexity index is 551. The molecule has 0 aliphatic carbocycles. The molecule has 0 unspecified atom stereocenters. The number of ether oxygens (including phenoxy) is 1. The molecule has 4 nitrogen and oxygen atoms in total. The van der Waals surface area contributed by atoms with E-state index < -0.39 is 0 Å². The van der Waals surface area contributed by atoms with Crippen LogP contribution in [0.2, 0.25) is 0 Å². The molecule has 2 heterocycles. The Labute approximate surface area is 117 Å². The zero-order valence-electron chi connectivity index (χ0n) is 11.7. The summed E-state index contributed by atoms with van der Waals surface area (Å²) >= 11 is 1.74. The van der Waals surface area contributed by atoms with Crippen LogP contribution in [0, 0.1) is 13.8 Å². The lowest BCUT2D eigenvalue weighted by Crippen LogP contribution is -2.10. The topological polar surface area (TPSA) is 47.0 Å². The maximum Gasteiger partial charge on any atom is 0.226 e. The molecule has 0 amide bonds. The van der Waals surface area contributed by atoms with E-state index in [4.69, 9.17) is 4.74 Å². The van der Waals surface area contributed by atoms with Gasteiger partial charge in [-0.15, -0.1) is 11.3 Å². The maximum absolute atomic E-state index is 5.61. The van der Waals surface area contributed by atoms with Crippen molar-refractivity contribution in [3.05, 3.63) is 33.6 Å². The van der Waals surface area contributed by atoms with Gasteiger partial charge in [-0.1, -0.05) is 0 Å². The second-order valence-corrected chi connectivity index (χ2v) is 5.72. The monoisotopic (exact) mass is 277 g/mol. The fourth-order valence-corrected chi connectivity index (χ4v) is 2.51. The molecule has 2 rings (SSSR count). The van der Waals surface area contributed by atoms with Gasteiger partial charge in [0.25, 0.3) is 0 Å². The first-order valence-corrected chi connectivity index (χ1v) is 7.21. The molecule has 2 aromatic rings. The molecule has 0 radical (unpaired) electrons. The second kappa shape index (κ2) is 6.02. The van der Waals surface area contributed by atoms with Crippen molar-refractivity contribution in [3.8, 4) is 5.88 Å². The Morgan fingerprint density at radius 3 is 2.74 bits per heavy atom. The van der Waals surface area contributed by atoms with Crippen LogP contribution in [0.4, 0.5) is 5.95 Å². The lowest BCUT2D eigenvalue weighted by molar-refractivity contribution is 0.232. The molecule has 1 N–H and O–H groups in total. The number of hydrogen-bond acceptors (Lipinski definition) is 5. The van der Waals surface area contributed by atoms with Crippen molar-refractivity contribution in [2.24, 2.45) is 0 Å². The number of rotatable bonds is 5. The van der Waals surface area contributed by atoms with E-state index in [0.717, 1.165) is 12.2 Å². The molecule has 0 aromatic carbocycles. The van der Waals surface area contributed by atoms with E-state index in [1.807, 2.05) is 26.8 Å². The van der Waals surface area contributed by atoms with Crippen molar-refractivity contribution >= 4 is 17.3 Å². The summed E-state index contributed by atoms with van der Waals surface area (Å²) in [6, 6.07) is 3.97. The van der Waals surface area contributed by atoms with Gasteiger partial charge in [-0.3, -0.25) is 0 Å². The largest absolute Gasteiger partial charge is 0.475 e. The molecule has 0 fully saturated rings. The highest BCUT2D eigenvalue weighted by atomic mass is 32.1. The van der Waals surface area contributed by atoms with Gasteiger partial charge >= 0.3 is 0 Å². The van der Waals surface area contributed by atoms with Crippen LogP contribution < -0.4 is 10.1 Å². The van der Waals surface area contributed by atoms with Crippen LogP contribution in [0.25, 0.3) is 0 Å². The quantitative estimate of drug-likeness (QED) is 0.908. The Kier molecular flexibility index (Phi) is 4.37. The maximum atomic E-state index is 5.61. The highest BCUT2D eigenvalue weighted by Crippen LogP contribution is 2.18. The van der Waals surface area contributed by atoms with Gasteiger partial charge in [-0.2, -0.15) is 4.98 Å². The van der Waals surface area contributed by atoms with Crippen molar-refractivity contribution in [1.29, 1.82) is 0 Å². The van der Waals surface area contributed by atoms with Crippen LogP contribution >= 0.6 is 11.3 Å². The van der Waals surface area contributed by atoms with Crippen molar-refractivity contribution in [2.75, 3.05) is 5.32 Å². The number of aromatic nitrogens is 2. The number of hydrogen-bond donors (Lipinski definition) is 1. The van der Waals surface area contributed by atoms with Crippen LogP contribution in [-0.2, 0) is 6.54 Å². The first-order chi connectivity index (χ1) is 9.04. The average molecular weight is 277 g/mol. The van der Waals surface area contributed by atoms with E-state index in [9.17, 15) is 0 Å². The Morgan fingerprint density at radius 1 is 1.32 bits per heavy atom. The van der Waals surface area contributed by atoms with Gasteiger partial charge in [-0.25, -0.2) is 4.98 Å². The number of nitrogens with zero attached hydrogens (tertiary/aromatic N) is 2. The Hall–Kier alpha value is -1.62. The van der Waals surface area contributed by atoms with Gasteiger partial charge in [0.05, 0.1) is 12.6 Å². The molecule has 102 valence electrons. The minimum atomic E-state index is 0.113. The van der Waals surface area contributed by atoms with Gasteiger partial charge in [-0.05, 0) is 44.7 Å². The molecule has 0 saturated carbocycles. The van der Waals surface area contributed by atoms with E-state index in [0.29, 0.717) is 11.8 Å². The second-order valence-electron chi connectivity index (χ2n) is 4.72. The summed E-state index contributed by atoms with van der Waals surface area (Å²) in [6.45, 7) is 8.77. The summed E-state index contributed by atoms with van der Waals surface area (Å²) in [7, 11) is 0. The summed E-state index contributed by atoms with van der Waals surface area (Å²) in [6.07, 6.45) is 0.113. The van der Waals surface area contributed by atoms with Crippen molar-refractivity contribution in [2.45, 2.75) is 40.3 Å². The van der Waals surface area contributed by atoms with Gasteiger partial charge in [0, 0.05) is 16.6 Å². The zero-order valence-corrected chi connectivity index (χ0v) is 12.5. The minimum Gasteiger partial charge on any atom is -0.475 e. The molecule has 0 spiro atoms. The summed E-state index contributed by atoms with van der Waals surface area (Å²) in [5.74, 6) is 1.23. The van der Waals surface area contributed by atoms with Gasteiger partial charge in [0.2, 0.25) is 11.8 Å².